The summed E-state index contributed by atoms with van der Waals surface area (Å²) in [5.74, 6) is 0.749. The third kappa shape index (κ3) is 3.15. The van der Waals surface area contributed by atoms with Crippen molar-refractivity contribution in [1.82, 2.24) is 9.78 Å². The fraction of sp³-hybridized carbons (Fsp3) is 0.263. The Morgan fingerprint density at radius 2 is 2.04 bits per heavy atom. The van der Waals surface area contributed by atoms with Gasteiger partial charge >= 0.3 is 0 Å². The van der Waals surface area contributed by atoms with Crippen molar-refractivity contribution < 1.29 is 9.18 Å². The van der Waals surface area contributed by atoms with Crippen molar-refractivity contribution in [2.45, 2.75) is 25.8 Å². The van der Waals surface area contributed by atoms with Gasteiger partial charge in [-0.25, -0.2) is 4.39 Å². The van der Waals surface area contributed by atoms with Gasteiger partial charge in [-0.1, -0.05) is 24.3 Å². The van der Waals surface area contributed by atoms with Gasteiger partial charge in [-0.05, 0) is 48.6 Å². The SMILES string of the molecule is O=C(Cc1cccc(F)c1)Nc1nn(CC2CC2)c2ccccc12. The van der Waals surface area contributed by atoms with Crippen LogP contribution in [-0.2, 0) is 17.8 Å². The van der Waals surface area contributed by atoms with Crippen LogP contribution in [0.25, 0.3) is 10.9 Å². The Balaban J connectivity index is 1.56. The minimum absolute atomic E-state index is 0.127. The maximum Gasteiger partial charge on any atom is 0.230 e. The lowest BCUT2D eigenvalue weighted by atomic mass is 10.1. The number of rotatable bonds is 5. The first-order valence-corrected chi connectivity index (χ1v) is 8.19. The van der Waals surface area contributed by atoms with Gasteiger partial charge in [0.2, 0.25) is 5.91 Å². The van der Waals surface area contributed by atoms with Crippen molar-refractivity contribution >= 4 is 22.6 Å². The molecule has 1 aliphatic carbocycles. The van der Waals surface area contributed by atoms with Crippen LogP contribution in [0.5, 0.6) is 0 Å². The topological polar surface area (TPSA) is 46.9 Å². The van der Waals surface area contributed by atoms with Crippen molar-refractivity contribution in [3.05, 3.63) is 59.9 Å². The molecule has 0 spiro atoms. The van der Waals surface area contributed by atoms with Crippen molar-refractivity contribution in [3.8, 4) is 0 Å². The van der Waals surface area contributed by atoms with E-state index in [1.54, 1.807) is 12.1 Å². The Bertz CT molecular complexity index is 899. The molecule has 4 rings (SSSR count). The predicted molar refractivity (Wildman–Crippen MR) is 91.2 cm³/mol. The number of anilines is 1. The Hall–Kier alpha value is -2.69. The van der Waals surface area contributed by atoms with Crippen LogP contribution in [0.1, 0.15) is 18.4 Å². The first-order valence-electron chi connectivity index (χ1n) is 8.19. The number of nitrogens with one attached hydrogen (secondary N) is 1. The number of amides is 1. The molecule has 0 bridgehead atoms. The van der Waals surface area contributed by atoms with E-state index < -0.39 is 0 Å². The van der Waals surface area contributed by atoms with Crippen LogP contribution in [0.4, 0.5) is 10.2 Å². The molecule has 0 unspecified atom stereocenters. The monoisotopic (exact) mass is 323 g/mol. The number of carbonyl (C=O) groups excluding carboxylic acids is 1. The van der Waals surface area contributed by atoms with Gasteiger partial charge in [0, 0.05) is 11.9 Å². The van der Waals surface area contributed by atoms with E-state index in [4.69, 9.17) is 0 Å². The smallest absolute Gasteiger partial charge is 0.230 e. The minimum Gasteiger partial charge on any atom is -0.308 e. The first-order chi connectivity index (χ1) is 11.7. The Labute approximate surface area is 139 Å². The normalized spacial score (nSPS) is 14.0. The largest absolute Gasteiger partial charge is 0.308 e. The summed E-state index contributed by atoms with van der Waals surface area (Å²) < 4.78 is 15.2. The number of carbonyl (C=O) groups is 1. The highest BCUT2D eigenvalue weighted by molar-refractivity contribution is 6.00. The average molecular weight is 323 g/mol. The molecule has 0 saturated heterocycles. The third-order valence-corrected chi connectivity index (χ3v) is 4.30. The number of fused-ring (bicyclic) bond motifs is 1. The molecular formula is C19H18FN3O. The lowest BCUT2D eigenvalue weighted by molar-refractivity contribution is -0.115. The zero-order valence-corrected chi connectivity index (χ0v) is 13.2. The maximum atomic E-state index is 13.2. The Morgan fingerprint density at radius 3 is 2.83 bits per heavy atom. The molecule has 1 aliphatic rings. The van der Waals surface area contributed by atoms with E-state index in [2.05, 4.69) is 10.4 Å². The summed E-state index contributed by atoms with van der Waals surface area (Å²) in [6.07, 6.45) is 2.62. The summed E-state index contributed by atoms with van der Waals surface area (Å²) in [5, 5.41) is 8.39. The quantitative estimate of drug-likeness (QED) is 0.777. The van der Waals surface area contributed by atoms with E-state index in [9.17, 15) is 9.18 Å². The number of aromatic nitrogens is 2. The molecule has 1 aromatic heterocycles. The molecule has 2 aromatic carbocycles. The molecule has 122 valence electrons. The van der Waals surface area contributed by atoms with Crippen molar-refractivity contribution in [2.75, 3.05) is 5.32 Å². The lowest BCUT2D eigenvalue weighted by Crippen LogP contribution is -2.15. The number of halogens is 1. The zero-order chi connectivity index (χ0) is 16.5. The second-order valence-corrected chi connectivity index (χ2v) is 6.35. The van der Waals surface area contributed by atoms with Crippen LogP contribution < -0.4 is 5.32 Å². The molecule has 1 fully saturated rings. The molecule has 3 aromatic rings. The van der Waals surface area contributed by atoms with Gasteiger partial charge in [0.1, 0.15) is 5.82 Å². The van der Waals surface area contributed by atoms with Crippen molar-refractivity contribution in [2.24, 2.45) is 5.92 Å². The number of para-hydroxylation sites is 1. The van der Waals surface area contributed by atoms with Crippen LogP contribution in [0.15, 0.2) is 48.5 Å². The van der Waals surface area contributed by atoms with Gasteiger partial charge in [0.05, 0.1) is 11.9 Å². The van der Waals surface area contributed by atoms with Crippen molar-refractivity contribution in [1.29, 1.82) is 0 Å². The summed E-state index contributed by atoms with van der Waals surface area (Å²) >= 11 is 0. The fourth-order valence-electron chi connectivity index (χ4n) is 2.91. The molecule has 1 amide bonds. The second-order valence-electron chi connectivity index (χ2n) is 6.35. The van der Waals surface area contributed by atoms with Crippen LogP contribution in [0.2, 0.25) is 0 Å². The molecule has 4 nitrogen and oxygen atoms in total. The van der Waals surface area contributed by atoms with Gasteiger partial charge in [-0.2, -0.15) is 5.10 Å². The van der Waals surface area contributed by atoms with E-state index in [-0.39, 0.29) is 18.1 Å². The van der Waals surface area contributed by atoms with Gasteiger partial charge < -0.3 is 5.32 Å². The van der Waals surface area contributed by atoms with E-state index >= 15 is 0 Å². The summed E-state index contributed by atoms with van der Waals surface area (Å²) in [5.41, 5.74) is 1.68. The molecule has 0 aliphatic heterocycles. The highest BCUT2D eigenvalue weighted by Crippen LogP contribution is 2.32. The average Bonchev–Trinajstić information content (AvgIpc) is 3.31. The Morgan fingerprint density at radius 1 is 1.21 bits per heavy atom. The summed E-state index contributed by atoms with van der Waals surface area (Å²) in [6.45, 7) is 0.889. The second kappa shape index (κ2) is 6.07. The highest BCUT2D eigenvalue weighted by atomic mass is 19.1. The zero-order valence-electron chi connectivity index (χ0n) is 13.2. The standard InChI is InChI=1S/C19H18FN3O/c20-15-5-3-4-14(10-15)11-18(24)21-19-16-6-1-2-7-17(16)23(22-19)12-13-8-9-13/h1-7,10,13H,8-9,11-12H2,(H,21,22,24). The van der Waals surface area contributed by atoms with Gasteiger partial charge in [-0.15, -0.1) is 0 Å². The molecule has 5 heteroatoms. The highest BCUT2D eigenvalue weighted by Gasteiger charge is 2.24. The number of benzene rings is 2. The van der Waals surface area contributed by atoms with E-state index in [0.29, 0.717) is 17.3 Å². The van der Waals surface area contributed by atoms with Gasteiger partial charge in [-0.3, -0.25) is 9.48 Å². The van der Waals surface area contributed by atoms with Crippen LogP contribution in [-0.4, -0.2) is 15.7 Å². The number of hydrogen-bond acceptors (Lipinski definition) is 2. The first kappa shape index (κ1) is 14.9. The number of nitrogens with zero attached hydrogens (tertiary/aromatic N) is 2. The predicted octanol–water partition coefficient (Wildman–Crippen LogP) is 3.77. The summed E-state index contributed by atoms with van der Waals surface area (Å²) in [4.78, 5) is 12.3. The third-order valence-electron chi connectivity index (χ3n) is 4.30. The Kier molecular flexibility index (Phi) is 3.76. The summed E-state index contributed by atoms with van der Waals surface area (Å²) in [6, 6.07) is 14.0. The summed E-state index contributed by atoms with van der Waals surface area (Å²) in [7, 11) is 0. The molecular weight excluding hydrogens is 305 g/mol. The van der Waals surface area contributed by atoms with Crippen LogP contribution in [0.3, 0.4) is 0 Å². The van der Waals surface area contributed by atoms with Crippen LogP contribution >= 0.6 is 0 Å². The lowest BCUT2D eigenvalue weighted by Gasteiger charge is -2.03. The minimum atomic E-state index is -0.334. The maximum absolute atomic E-state index is 13.2. The van der Waals surface area contributed by atoms with Crippen molar-refractivity contribution in [3.63, 3.8) is 0 Å². The molecule has 1 N–H and O–H groups in total. The molecule has 0 atom stereocenters. The van der Waals surface area contributed by atoms with E-state index in [1.807, 2.05) is 28.9 Å². The van der Waals surface area contributed by atoms with E-state index in [1.165, 1.54) is 25.0 Å². The van der Waals surface area contributed by atoms with Crippen LogP contribution in [0, 0.1) is 11.7 Å². The van der Waals surface area contributed by atoms with E-state index in [0.717, 1.165) is 17.4 Å². The molecule has 0 radical (unpaired) electrons. The van der Waals surface area contributed by atoms with Gasteiger partial charge in [0.15, 0.2) is 5.82 Å². The fourth-order valence-corrected chi connectivity index (χ4v) is 2.91. The van der Waals surface area contributed by atoms with Gasteiger partial charge in [0.25, 0.3) is 0 Å². The molecule has 1 saturated carbocycles. The number of hydrogen-bond donors (Lipinski definition) is 1. The molecule has 24 heavy (non-hydrogen) atoms. The molecule has 1 heterocycles.